The average Bonchev–Trinajstić information content (AvgIpc) is 2.54. The van der Waals surface area contributed by atoms with Crippen molar-refractivity contribution in [3.05, 3.63) is 64.7 Å². The third-order valence-corrected chi connectivity index (χ3v) is 3.92. The van der Waals surface area contributed by atoms with Crippen molar-refractivity contribution in [1.29, 1.82) is 0 Å². The molecule has 0 spiro atoms. The van der Waals surface area contributed by atoms with Crippen LogP contribution in [0.15, 0.2) is 42.7 Å². The first kappa shape index (κ1) is 20.6. The summed E-state index contributed by atoms with van der Waals surface area (Å²) in [6.45, 7) is 1.88. The molecular formula is C16H17Cl3FN3O. The molecule has 0 aliphatic carbocycles. The zero-order valence-corrected chi connectivity index (χ0v) is 15.0. The molecule has 1 N–H and O–H groups in total. The number of pyridine rings is 1. The number of carbonyl (C=O) groups excluding carboxylic acids is 1. The van der Waals surface area contributed by atoms with Crippen LogP contribution in [0.2, 0.25) is 5.02 Å². The van der Waals surface area contributed by atoms with E-state index in [1.807, 2.05) is 18.2 Å². The molecule has 1 atom stereocenters. The van der Waals surface area contributed by atoms with E-state index in [2.05, 4.69) is 10.3 Å². The molecule has 0 saturated carbocycles. The molecule has 1 fully saturated rings. The van der Waals surface area contributed by atoms with Gasteiger partial charge in [-0.15, -0.1) is 24.8 Å². The number of nitrogens with zero attached hydrogens (tertiary/aromatic N) is 2. The molecule has 24 heavy (non-hydrogen) atoms. The summed E-state index contributed by atoms with van der Waals surface area (Å²) in [5, 5.41) is 3.90. The normalized spacial score (nSPS) is 16.8. The van der Waals surface area contributed by atoms with Crippen molar-refractivity contribution in [2.75, 3.05) is 19.6 Å². The molecule has 8 heteroatoms. The fraction of sp³-hybridized carbons (Fsp3) is 0.250. The molecule has 1 saturated heterocycles. The highest BCUT2D eigenvalue weighted by Gasteiger charge is 2.29. The van der Waals surface area contributed by atoms with Crippen molar-refractivity contribution in [2.45, 2.75) is 6.04 Å². The number of piperazine rings is 1. The zero-order chi connectivity index (χ0) is 15.5. The first-order valence-electron chi connectivity index (χ1n) is 7.03. The van der Waals surface area contributed by atoms with Gasteiger partial charge in [0.15, 0.2) is 0 Å². The monoisotopic (exact) mass is 391 g/mol. The van der Waals surface area contributed by atoms with E-state index in [9.17, 15) is 9.18 Å². The number of aromatic nitrogens is 1. The van der Waals surface area contributed by atoms with Crippen LogP contribution >= 0.6 is 36.4 Å². The fourth-order valence-corrected chi connectivity index (χ4v) is 2.85. The second kappa shape index (κ2) is 9.18. The lowest BCUT2D eigenvalue weighted by Crippen LogP contribution is -2.48. The highest BCUT2D eigenvalue weighted by atomic mass is 35.5. The van der Waals surface area contributed by atoms with Gasteiger partial charge in [-0.05, 0) is 23.8 Å². The highest BCUT2D eigenvalue weighted by molar-refractivity contribution is 6.30. The predicted molar refractivity (Wildman–Crippen MR) is 96.8 cm³/mol. The van der Waals surface area contributed by atoms with Crippen LogP contribution in [0.3, 0.4) is 0 Å². The Morgan fingerprint density at radius 1 is 1.29 bits per heavy atom. The van der Waals surface area contributed by atoms with Gasteiger partial charge in [0.25, 0.3) is 5.91 Å². The quantitative estimate of drug-likeness (QED) is 0.851. The molecular weight excluding hydrogens is 376 g/mol. The topological polar surface area (TPSA) is 45.2 Å². The van der Waals surface area contributed by atoms with Crippen LogP contribution in [-0.4, -0.2) is 35.4 Å². The highest BCUT2D eigenvalue weighted by Crippen LogP contribution is 2.26. The number of hydrogen-bond donors (Lipinski definition) is 1. The molecule has 2 heterocycles. The van der Waals surface area contributed by atoms with Crippen LogP contribution in [0.1, 0.15) is 22.0 Å². The lowest BCUT2D eigenvalue weighted by molar-refractivity contribution is 0.0633. The van der Waals surface area contributed by atoms with Crippen LogP contribution in [0.4, 0.5) is 4.39 Å². The second-order valence-corrected chi connectivity index (χ2v) is 5.60. The van der Waals surface area contributed by atoms with Crippen molar-refractivity contribution in [3.8, 4) is 0 Å². The maximum atomic E-state index is 13.3. The van der Waals surface area contributed by atoms with Crippen molar-refractivity contribution in [3.63, 3.8) is 0 Å². The van der Waals surface area contributed by atoms with Gasteiger partial charge in [0, 0.05) is 30.9 Å². The van der Waals surface area contributed by atoms with Gasteiger partial charge >= 0.3 is 0 Å². The van der Waals surface area contributed by atoms with Gasteiger partial charge in [-0.3, -0.25) is 9.78 Å². The number of halogens is 4. The van der Waals surface area contributed by atoms with Gasteiger partial charge in [-0.1, -0.05) is 23.7 Å². The van der Waals surface area contributed by atoms with Crippen molar-refractivity contribution < 1.29 is 9.18 Å². The largest absolute Gasteiger partial charge is 0.329 e. The first-order valence-corrected chi connectivity index (χ1v) is 7.40. The number of rotatable bonds is 2. The maximum absolute atomic E-state index is 13.3. The van der Waals surface area contributed by atoms with Crippen molar-refractivity contribution in [1.82, 2.24) is 15.2 Å². The summed E-state index contributed by atoms with van der Waals surface area (Å²) >= 11 is 6.05. The van der Waals surface area contributed by atoms with E-state index in [1.54, 1.807) is 11.0 Å². The van der Waals surface area contributed by atoms with Crippen LogP contribution in [0.25, 0.3) is 0 Å². The number of hydrogen-bond acceptors (Lipinski definition) is 3. The Kier molecular flexibility index (Phi) is 7.90. The molecule has 3 rings (SSSR count). The average molecular weight is 393 g/mol. The number of amides is 1. The van der Waals surface area contributed by atoms with E-state index in [0.29, 0.717) is 24.7 Å². The molecule has 1 unspecified atom stereocenters. The summed E-state index contributed by atoms with van der Waals surface area (Å²) in [4.78, 5) is 18.2. The molecule has 2 aromatic rings. The fourth-order valence-electron chi connectivity index (χ4n) is 2.65. The zero-order valence-electron chi connectivity index (χ0n) is 12.6. The lowest BCUT2D eigenvalue weighted by atomic mass is 10.0. The van der Waals surface area contributed by atoms with E-state index in [-0.39, 0.29) is 42.3 Å². The standard InChI is InChI=1S/C16H15ClFN3O.2ClH/c17-13-3-1-2-11(6-13)15-10-19-4-5-21(15)16(22)12-7-14(18)9-20-8-12;;/h1-3,6-9,15,19H,4-5,10H2;2*1H. The Morgan fingerprint density at radius 2 is 2.08 bits per heavy atom. The van der Waals surface area contributed by atoms with Gasteiger partial charge in [-0.25, -0.2) is 4.39 Å². The van der Waals surface area contributed by atoms with E-state index in [0.717, 1.165) is 11.8 Å². The molecule has 1 amide bonds. The number of benzene rings is 1. The molecule has 1 aliphatic rings. The van der Waals surface area contributed by atoms with Crippen molar-refractivity contribution in [2.24, 2.45) is 0 Å². The van der Waals surface area contributed by atoms with Gasteiger partial charge in [0.1, 0.15) is 5.82 Å². The summed E-state index contributed by atoms with van der Waals surface area (Å²) in [5.74, 6) is -0.737. The summed E-state index contributed by atoms with van der Waals surface area (Å²) in [5.41, 5.74) is 1.21. The smallest absolute Gasteiger partial charge is 0.256 e. The van der Waals surface area contributed by atoms with Gasteiger partial charge < -0.3 is 10.2 Å². The molecule has 130 valence electrons. The first-order chi connectivity index (χ1) is 10.6. The molecule has 4 nitrogen and oxygen atoms in total. The molecule has 0 bridgehead atoms. The Hall–Kier alpha value is -1.40. The number of nitrogens with one attached hydrogen (secondary N) is 1. The van der Waals surface area contributed by atoms with E-state index in [1.165, 1.54) is 12.3 Å². The number of carbonyl (C=O) groups is 1. The summed E-state index contributed by atoms with van der Waals surface area (Å²) < 4.78 is 13.3. The van der Waals surface area contributed by atoms with Crippen molar-refractivity contribution >= 4 is 42.3 Å². The third-order valence-electron chi connectivity index (χ3n) is 3.69. The van der Waals surface area contributed by atoms with Crippen LogP contribution in [0, 0.1) is 5.82 Å². The van der Waals surface area contributed by atoms with E-state index < -0.39 is 5.82 Å². The summed E-state index contributed by atoms with van der Waals surface area (Å²) in [6, 6.07) is 8.52. The van der Waals surface area contributed by atoms with Gasteiger partial charge in [-0.2, -0.15) is 0 Å². The van der Waals surface area contributed by atoms with Crippen LogP contribution < -0.4 is 5.32 Å². The summed E-state index contributed by atoms with van der Waals surface area (Å²) in [6.07, 6.45) is 2.48. The van der Waals surface area contributed by atoms with Crippen LogP contribution in [0.5, 0.6) is 0 Å². The minimum atomic E-state index is -0.514. The van der Waals surface area contributed by atoms with Crippen LogP contribution in [-0.2, 0) is 0 Å². The lowest BCUT2D eigenvalue weighted by Gasteiger charge is -2.36. The Bertz CT molecular complexity index is 702. The van der Waals surface area contributed by atoms with E-state index in [4.69, 9.17) is 11.6 Å². The Balaban J connectivity index is 0.00000144. The molecule has 1 aliphatic heterocycles. The SMILES string of the molecule is Cl.Cl.O=C(c1cncc(F)c1)N1CCNCC1c1cccc(Cl)c1. The summed E-state index contributed by atoms with van der Waals surface area (Å²) in [7, 11) is 0. The Morgan fingerprint density at radius 3 is 2.79 bits per heavy atom. The van der Waals surface area contributed by atoms with Gasteiger partial charge in [0.2, 0.25) is 0 Å². The van der Waals surface area contributed by atoms with Gasteiger partial charge in [0.05, 0.1) is 17.8 Å². The second-order valence-electron chi connectivity index (χ2n) is 5.17. The maximum Gasteiger partial charge on any atom is 0.256 e. The minimum Gasteiger partial charge on any atom is -0.329 e. The predicted octanol–water partition coefficient (Wildman–Crippen LogP) is 3.50. The van der Waals surface area contributed by atoms with E-state index >= 15 is 0 Å². The minimum absolute atomic E-state index is 0. The Labute approximate surface area is 157 Å². The molecule has 1 aromatic heterocycles. The molecule has 0 radical (unpaired) electrons. The third kappa shape index (κ3) is 4.57. The molecule has 1 aromatic carbocycles.